The Morgan fingerprint density at radius 3 is 3.13 bits per heavy atom. The van der Waals surface area contributed by atoms with Crippen molar-refractivity contribution >= 4 is 39.6 Å². The van der Waals surface area contributed by atoms with Gasteiger partial charge in [0.15, 0.2) is 0 Å². The Morgan fingerprint density at radius 1 is 1.73 bits per heavy atom. The van der Waals surface area contributed by atoms with Gasteiger partial charge in [0, 0.05) is 16.2 Å². The monoisotopic (exact) mass is 289 g/mol. The summed E-state index contributed by atoms with van der Waals surface area (Å²) in [6.07, 6.45) is 5.25. The molecule has 0 aromatic carbocycles. The van der Waals surface area contributed by atoms with Crippen molar-refractivity contribution in [2.75, 3.05) is 7.11 Å². The molecule has 0 atom stereocenters. The quantitative estimate of drug-likeness (QED) is 0.634. The number of halogens is 2. The molecule has 1 aromatic heterocycles. The smallest absolute Gasteiger partial charge is 0.309 e. The molecule has 5 heteroatoms. The molecule has 0 radical (unpaired) electrons. The van der Waals surface area contributed by atoms with Gasteiger partial charge in [0.05, 0.1) is 13.5 Å². The number of esters is 1. The fraction of sp³-hybridized carbons (Fsp3) is 0.200. The van der Waals surface area contributed by atoms with Gasteiger partial charge in [-0.1, -0.05) is 23.8 Å². The van der Waals surface area contributed by atoms with Crippen molar-refractivity contribution in [1.29, 1.82) is 0 Å². The molecular weight excluding hydrogens is 281 g/mol. The summed E-state index contributed by atoms with van der Waals surface area (Å²) in [5.41, 5.74) is 0.759. The molecule has 1 rings (SSSR count). The van der Waals surface area contributed by atoms with Crippen LogP contribution < -0.4 is 0 Å². The van der Waals surface area contributed by atoms with Gasteiger partial charge in [-0.3, -0.25) is 4.79 Å². The minimum absolute atomic E-state index is 0.222. The van der Waals surface area contributed by atoms with Gasteiger partial charge in [0.1, 0.15) is 5.15 Å². The van der Waals surface area contributed by atoms with Crippen molar-refractivity contribution in [3.63, 3.8) is 0 Å². The molecular formula is C10H9BrClNO2. The van der Waals surface area contributed by atoms with Crippen molar-refractivity contribution in [2.24, 2.45) is 0 Å². The Bertz CT molecular complexity index is 393. The zero-order valence-electron chi connectivity index (χ0n) is 8.04. The van der Waals surface area contributed by atoms with Crippen LogP contribution in [0, 0.1) is 0 Å². The second kappa shape index (κ2) is 5.88. The number of ether oxygens (including phenoxy) is 1. The van der Waals surface area contributed by atoms with E-state index in [1.54, 1.807) is 18.3 Å². The fourth-order valence-electron chi connectivity index (χ4n) is 0.921. The first-order valence-electron chi connectivity index (χ1n) is 4.18. The van der Waals surface area contributed by atoms with Crippen molar-refractivity contribution in [3.05, 3.63) is 33.5 Å². The second-order valence-corrected chi connectivity index (χ2v) is 3.99. The first-order valence-corrected chi connectivity index (χ1v) is 5.35. The zero-order chi connectivity index (χ0) is 11.3. The van der Waals surface area contributed by atoms with E-state index < -0.39 is 0 Å². The average molecular weight is 291 g/mol. The summed E-state index contributed by atoms with van der Waals surface area (Å²) in [4.78, 5) is 14.8. The number of aromatic nitrogens is 1. The van der Waals surface area contributed by atoms with Gasteiger partial charge in [-0.15, -0.1) is 0 Å². The van der Waals surface area contributed by atoms with Gasteiger partial charge in [-0.25, -0.2) is 4.98 Å². The highest BCUT2D eigenvalue weighted by Crippen LogP contribution is 2.19. The summed E-state index contributed by atoms with van der Waals surface area (Å²) in [7, 11) is 1.35. The maximum Gasteiger partial charge on any atom is 0.309 e. The lowest BCUT2D eigenvalue weighted by Gasteiger charge is -1.97. The van der Waals surface area contributed by atoms with Crippen LogP contribution in [0.2, 0.25) is 5.15 Å². The summed E-state index contributed by atoms with van der Waals surface area (Å²) < 4.78 is 5.33. The lowest BCUT2D eigenvalue weighted by atomic mass is 10.2. The third kappa shape index (κ3) is 4.01. The maximum absolute atomic E-state index is 10.8. The number of hydrogen-bond acceptors (Lipinski definition) is 3. The molecule has 0 saturated carbocycles. The van der Waals surface area contributed by atoms with Crippen molar-refractivity contribution in [2.45, 2.75) is 6.42 Å². The molecule has 1 aromatic rings. The van der Waals surface area contributed by atoms with E-state index in [9.17, 15) is 4.79 Å². The van der Waals surface area contributed by atoms with Gasteiger partial charge in [-0.05, 0) is 22.0 Å². The highest BCUT2D eigenvalue weighted by Gasteiger charge is 1.99. The normalized spacial score (nSPS) is 10.6. The number of nitrogens with zero attached hydrogens (tertiary/aromatic N) is 1. The number of rotatable bonds is 3. The summed E-state index contributed by atoms with van der Waals surface area (Å²) in [6, 6.07) is 1.82. The minimum atomic E-state index is -0.287. The molecule has 0 spiro atoms. The number of carbonyl (C=O) groups excluding carboxylic acids is 1. The van der Waals surface area contributed by atoms with E-state index in [0.717, 1.165) is 10.0 Å². The van der Waals surface area contributed by atoms with Crippen LogP contribution in [-0.4, -0.2) is 18.1 Å². The SMILES string of the molecule is COC(=O)CC=Cc1cc(Br)cnc1Cl. The van der Waals surface area contributed by atoms with Crippen LogP contribution in [0.1, 0.15) is 12.0 Å². The van der Waals surface area contributed by atoms with Crippen LogP contribution in [0.15, 0.2) is 22.8 Å². The van der Waals surface area contributed by atoms with Gasteiger partial charge >= 0.3 is 5.97 Å². The topological polar surface area (TPSA) is 39.2 Å². The number of hydrogen-bond donors (Lipinski definition) is 0. The molecule has 0 fully saturated rings. The Morgan fingerprint density at radius 2 is 2.47 bits per heavy atom. The van der Waals surface area contributed by atoms with E-state index in [2.05, 4.69) is 25.7 Å². The fourth-order valence-corrected chi connectivity index (χ4v) is 1.44. The lowest BCUT2D eigenvalue weighted by molar-refractivity contribution is -0.139. The molecule has 0 aliphatic heterocycles. The van der Waals surface area contributed by atoms with Crippen LogP contribution in [-0.2, 0) is 9.53 Å². The molecule has 3 nitrogen and oxygen atoms in total. The number of pyridine rings is 1. The average Bonchev–Trinajstić information content (AvgIpc) is 2.23. The molecule has 15 heavy (non-hydrogen) atoms. The number of carbonyl (C=O) groups is 1. The molecule has 0 amide bonds. The van der Waals surface area contributed by atoms with Gasteiger partial charge in [0.2, 0.25) is 0 Å². The van der Waals surface area contributed by atoms with E-state index in [1.807, 2.05) is 6.07 Å². The summed E-state index contributed by atoms with van der Waals surface area (Å²) in [5, 5.41) is 0.402. The molecule has 80 valence electrons. The van der Waals surface area contributed by atoms with E-state index in [0.29, 0.717) is 5.15 Å². The van der Waals surface area contributed by atoms with Gasteiger partial charge in [-0.2, -0.15) is 0 Å². The van der Waals surface area contributed by atoms with Gasteiger partial charge < -0.3 is 4.74 Å². The van der Waals surface area contributed by atoms with Crippen molar-refractivity contribution < 1.29 is 9.53 Å². The first-order chi connectivity index (χ1) is 7.13. The number of methoxy groups -OCH3 is 1. The molecule has 0 unspecified atom stereocenters. The molecule has 0 aliphatic rings. The Labute approximate surface area is 101 Å². The largest absolute Gasteiger partial charge is 0.469 e. The van der Waals surface area contributed by atoms with Crippen LogP contribution in [0.25, 0.3) is 6.08 Å². The van der Waals surface area contributed by atoms with Crippen LogP contribution in [0.3, 0.4) is 0 Å². The Kier molecular flexibility index (Phi) is 4.78. The van der Waals surface area contributed by atoms with E-state index >= 15 is 0 Å². The summed E-state index contributed by atoms with van der Waals surface area (Å²) in [5.74, 6) is -0.287. The van der Waals surface area contributed by atoms with Crippen molar-refractivity contribution in [3.8, 4) is 0 Å². The van der Waals surface area contributed by atoms with E-state index in [4.69, 9.17) is 11.6 Å². The van der Waals surface area contributed by atoms with E-state index in [1.165, 1.54) is 7.11 Å². The van der Waals surface area contributed by atoms with E-state index in [-0.39, 0.29) is 12.4 Å². The van der Waals surface area contributed by atoms with Gasteiger partial charge in [0.25, 0.3) is 0 Å². The highest BCUT2D eigenvalue weighted by molar-refractivity contribution is 9.10. The summed E-state index contributed by atoms with van der Waals surface area (Å²) >= 11 is 9.13. The zero-order valence-corrected chi connectivity index (χ0v) is 10.4. The Hall–Kier alpha value is -0.870. The second-order valence-electron chi connectivity index (χ2n) is 2.72. The third-order valence-corrected chi connectivity index (χ3v) is 2.39. The first kappa shape index (κ1) is 12.2. The highest BCUT2D eigenvalue weighted by atomic mass is 79.9. The minimum Gasteiger partial charge on any atom is -0.469 e. The van der Waals surface area contributed by atoms with Crippen molar-refractivity contribution in [1.82, 2.24) is 4.98 Å². The predicted octanol–water partition coefficient (Wildman–Crippen LogP) is 3.07. The standard InChI is InChI=1S/C10H9BrClNO2/c1-15-9(14)4-2-3-7-5-8(11)6-13-10(7)12/h2-3,5-6H,4H2,1H3. The summed E-state index contributed by atoms with van der Waals surface area (Å²) in [6.45, 7) is 0. The van der Waals surface area contributed by atoms with Crippen LogP contribution in [0.4, 0.5) is 0 Å². The van der Waals surface area contributed by atoms with Crippen LogP contribution in [0.5, 0.6) is 0 Å². The Balaban J connectivity index is 2.71. The maximum atomic E-state index is 10.8. The molecule has 0 bridgehead atoms. The predicted molar refractivity (Wildman–Crippen MR) is 62.6 cm³/mol. The molecule has 0 N–H and O–H groups in total. The molecule has 1 heterocycles. The molecule has 0 aliphatic carbocycles. The van der Waals surface area contributed by atoms with Crippen LogP contribution >= 0.6 is 27.5 Å². The lowest BCUT2D eigenvalue weighted by Crippen LogP contribution is -1.96. The third-order valence-electron chi connectivity index (χ3n) is 1.64. The molecule has 0 saturated heterocycles.